The maximum absolute atomic E-state index is 14.0. The number of nitrogens with zero attached hydrogens (tertiary/aromatic N) is 3. The van der Waals surface area contributed by atoms with Crippen molar-refractivity contribution in [1.82, 2.24) is 36.4 Å². The van der Waals surface area contributed by atoms with E-state index in [1.807, 2.05) is 0 Å². The highest BCUT2D eigenvalue weighted by atomic mass is 16.4. The summed E-state index contributed by atoms with van der Waals surface area (Å²) >= 11 is 0. The SMILES string of the molecule is CC(C)[C@H](NC(=O)[C@@H]1CCCN1C(=O)[C@H](CCCN=C(N)N)NC(=O)[C@H](CC(N)=O)NC(=O)[C@H](CO)NC(=O)[C@H](CCC(N)=O)NC(=O)[C@@H]1CCCN1C(=O)[C@@H](N)[C@@H](C)O)C(=O)O. The maximum Gasteiger partial charge on any atom is 0.326 e. The zero-order chi connectivity index (χ0) is 47.7. The Kier molecular flexibility index (Phi) is 21.1. The van der Waals surface area contributed by atoms with Crippen molar-refractivity contribution in [2.45, 2.75) is 133 Å². The van der Waals surface area contributed by atoms with Crippen molar-refractivity contribution in [2.24, 2.45) is 39.6 Å². The molecule has 2 rings (SSSR count). The van der Waals surface area contributed by atoms with Gasteiger partial charge >= 0.3 is 5.97 Å². The van der Waals surface area contributed by atoms with E-state index >= 15 is 0 Å². The number of rotatable bonds is 25. The Balaban J connectivity index is 2.31. The molecule has 2 aliphatic heterocycles. The molecule has 0 radical (unpaired) electrons. The van der Waals surface area contributed by atoms with E-state index in [2.05, 4.69) is 31.6 Å². The van der Waals surface area contributed by atoms with Crippen LogP contribution in [0.15, 0.2) is 4.99 Å². The molecular formula is C37H63N13O13. The number of amides is 9. The quantitative estimate of drug-likeness (QED) is 0.0230. The molecule has 0 spiro atoms. The molecule has 2 saturated heterocycles. The van der Waals surface area contributed by atoms with Crippen molar-refractivity contribution < 1.29 is 63.3 Å². The number of nitrogens with two attached hydrogens (primary N) is 5. The standard InChI is InChI=1S/C37H63N13O13/c1-17(2)28(36(62)63)48-33(59)24-9-5-13-49(24)34(60)20(7-4-12-43-37(41)42)45-30(56)21(15-26(39)54)46-31(57)22(16-51)47-29(55)19(10-11-25(38)53)44-32(58)23-8-6-14-50(23)35(61)27(40)18(3)52/h17-24,27-28,51-52H,4-16,40H2,1-3H3,(H2,38,53)(H2,39,54)(H,44,58)(H,45,56)(H,46,57)(H,47,55)(H,48,59)(H,62,63)(H4,41,42,43)/t18-,19+,20+,21+,22+,23+,24+,27+,28+/m1/s1. The molecule has 18 N–H and O–H groups in total. The van der Waals surface area contributed by atoms with Crippen LogP contribution in [0.2, 0.25) is 0 Å². The lowest BCUT2D eigenvalue weighted by Crippen LogP contribution is -2.61. The summed E-state index contributed by atoms with van der Waals surface area (Å²) in [6.45, 7) is 3.59. The van der Waals surface area contributed by atoms with Crippen LogP contribution in [0.25, 0.3) is 0 Å². The van der Waals surface area contributed by atoms with Crippen molar-refractivity contribution in [2.75, 3.05) is 26.2 Å². The first kappa shape index (κ1) is 53.0. The summed E-state index contributed by atoms with van der Waals surface area (Å²) in [5.74, 6) is -10.4. The van der Waals surface area contributed by atoms with Crippen LogP contribution in [-0.4, -0.2) is 171 Å². The number of carboxylic acids is 1. The second-order valence-electron chi connectivity index (χ2n) is 15.8. The third-order valence-corrected chi connectivity index (χ3v) is 10.4. The summed E-state index contributed by atoms with van der Waals surface area (Å²) < 4.78 is 0. The highest BCUT2D eigenvalue weighted by Crippen LogP contribution is 2.22. The van der Waals surface area contributed by atoms with Gasteiger partial charge in [-0.1, -0.05) is 13.8 Å². The van der Waals surface area contributed by atoms with Crippen LogP contribution in [0.4, 0.5) is 0 Å². The summed E-state index contributed by atoms with van der Waals surface area (Å²) in [5, 5.41) is 41.3. The lowest BCUT2D eigenvalue weighted by atomic mass is 10.0. The Morgan fingerprint density at radius 1 is 0.683 bits per heavy atom. The van der Waals surface area contributed by atoms with Gasteiger partial charge in [-0.2, -0.15) is 0 Å². The minimum absolute atomic E-state index is 0.00892. The number of aliphatic imine (C=N–C) groups is 1. The molecule has 0 aliphatic carbocycles. The number of hydrogen-bond acceptors (Lipinski definition) is 14. The summed E-state index contributed by atoms with van der Waals surface area (Å²) in [7, 11) is 0. The highest BCUT2D eigenvalue weighted by Gasteiger charge is 2.41. The zero-order valence-electron chi connectivity index (χ0n) is 35.6. The van der Waals surface area contributed by atoms with Gasteiger partial charge in [0.2, 0.25) is 53.2 Å². The molecule has 63 heavy (non-hydrogen) atoms. The molecule has 0 aromatic carbocycles. The summed E-state index contributed by atoms with van der Waals surface area (Å²) in [5.41, 5.74) is 27.3. The Hall–Kier alpha value is -6.15. The Morgan fingerprint density at radius 3 is 1.68 bits per heavy atom. The van der Waals surface area contributed by atoms with Crippen molar-refractivity contribution in [3.05, 3.63) is 0 Å². The number of likely N-dealkylation sites (tertiary alicyclic amines) is 2. The number of guanidine groups is 1. The molecular weight excluding hydrogens is 834 g/mol. The molecule has 0 bridgehead atoms. The van der Waals surface area contributed by atoms with E-state index in [1.54, 1.807) is 13.8 Å². The average molecular weight is 898 g/mol. The lowest BCUT2D eigenvalue weighted by Gasteiger charge is -2.31. The molecule has 2 aliphatic rings. The Morgan fingerprint density at radius 2 is 1.19 bits per heavy atom. The van der Waals surface area contributed by atoms with Gasteiger partial charge in [0.15, 0.2) is 5.96 Å². The van der Waals surface area contributed by atoms with Crippen LogP contribution in [0.5, 0.6) is 0 Å². The van der Waals surface area contributed by atoms with Crippen molar-refractivity contribution >= 4 is 65.1 Å². The van der Waals surface area contributed by atoms with E-state index in [4.69, 9.17) is 28.7 Å². The predicted molar refractivity (Wildman–Crippen MR) is 220 cm³/mol. The molecule has 354 valence electrons. The second kappa shape index (κ2) is 25.1. The number of hydrogen-bond donors (Lipinski definition) is 13. The monoisotopic (exact) mass is 897 g/mol. The van der Waals surface area contributed by atoms with Crippen LogP contribution >= 0.6 is 0 Å². The first-order valence-electron chi connectivity index (χ1n) is 20.5. The van der Waals surface area contributed by atoms with Crippen LogP contribution in [0.1, 0.15) is 78.6 Å². The first-order valence-corrected chi connectivity index (χ1v) is 20.5. The number of primary amides is 2. The summed E-state index contributed by atoms with van der Waals surface area (Å²) in [4.78, 5) is 136. The molecule has 0 unspecified atom stereocenters. The Labute approximate surface area is 363 Å². The summed E-state index contributed by atoms with van der Waals surface area (Å²) in [6.07, 6.45) is -1.81. The minimum Gasteiger partial charge on any atom is -0.480 e. The van der Waals surface area contributed by atoms with E-state index in [1.165, 1.54) is 11.8 Å². The topological polar surface area (TPSA) is 440 Å². The van der Waals surface area contributed by atoms with Crippen molar-refractivity contribution in [3.8, 4) is 0 Å². The van der Waals surface area contributed by atoms with Gasteiger partial charge in [0, 0.05) is 26.1 Å². The number of nitrogens with one attached hydrogen (secondary N) is 5. The summed E-state index contributed by atoms with van der Waals surface area (Å²) in [6, 6.07) is -11.4. The van der Waals surface area contributed by atoms with Gasteiger partial charge < -0.3 is 80.4 Å². The van der Waals surface area contributed by atoms with E-state index < -0.39 is 139 Å². The molecule has 0 aromatic heterocycles. The van der Waals surface area contributed by atoms with E-state index in [0.717, 1.165) is 4.90 Å². The van der Waals surface area contributed by atoms with Gasteiger partial charge in [0.05, 0.1) is 19.1 Å². The molecule has 9 amide bonds. The van der Waals surface area contributed by atoms with Gasteiger partial charge in [-0.25, -0.2) is 4.79 Å². The zero-order valence-corrected chi connectivity index (χ0v) is 35.6. The molecule has 2 heterocycles. The largest absolute Gasteiger partial charge is 0.480 e. The average Bonchev–Trinajstić information content (AvgIpc) is 3.91. The number of carboxylic acid groups (broad SMARTS) is 1. The fraction of sp³-hybridized carbons (Fsp3) is 0.703. The van der Waals surface area contributed by atoms with Crippen LogP contribution in [0.3, 0.4) is 0 Å². The third kappa shape index (κ3) is 16.2. The maximum atomic E-state index is 14.0. The van der Waals surface area contributed by atoms with Crippen molar-refractivity contribution in [1.29, 1.82) is 0 Å². The number of carbonyl (C=O) groups excluding carboxylic acids is 9. The molecule has 9 atom stereocenters. The van der Waals surface area contributed by atoms with Gasteiger partial charge in [0.25, 0.3) is 0 Å². The fourth-order valence-corrected chi connectivity index (χ4v) is 6.97. The molecule has 2 fully saturated rings. The van der Waals surface area contributed by atoms with Crippen molar-refractivity contribution in [3.63, 3.8) is 0 Å². The second-order valence-corrected chi connectivity index (χ2v) is 15.8. The first-order chi connectivity index (χ1) is 29.5. The molecule has 26 nitrogen and oxygen atoms in total. The number of carbonyl (C=O) groups is 10. The number of aliphatic carboxylic acids is 1. The van der Waals surface area contributed by atoms with Gasteiger partial charge in [-0.15, -0.1) is 0 Å². The van der Waals surface area contributed by atoms with E-state index in [-0.39, 0.29) is 57.7 Å². The number of aliphatic hydroxyl groups excluding tert-OH is 2. The minimum atomic E-state index is -1.84. The normalized spacial score (nSPS) is 19.3. The van der Waals surface area contributed by atoms with Crippen LogP contribution in [-0.2, 0) is 47.9 Å². The highest BCUT2D eigenvalue weighted by molar-refractivity contribution is 5.99. The van der Waals surface area contributed by atoms with Crippen LogP contribution in [0, 0.1) is 5.92 Å². The molecule has 26 heteroatoms. The number of aliphatic hydroxyl groups is 2. The molecule has 0 aromatic rings. The van der Waals surface area contributed by atoms with Gasteiger partial charge in [0.1, 0.15) is 48.3 Å². The fourth-order valence-electron chi connectivity index (χ4n) is 6.97. The van der Waals surface area contributed by atoms with Crippen LogP contribution < -0.4 is 55.3 Å². The lowest BCUT2D eigenvalue weighted by molar-refractivity contribution is -0.146. The van der Waals surface area contributed by atoms with Gasteiger partial charge in [-0.3, -0.25) is 48.1 Å². The van der Waals surface area contributed by atoms with E-state index in [9.17, 15) is 63.3 Å². The third-order valence-electron chi connectivity index (χ3n) is 10.4. The van der Waals surface area contributed by atoms with Gasteiger partial charge in [-0.05, 0) is 57.8 Å². The molecule has 0 saturated carbocycles. The smallest absolute Gasteiger partial charge is 0.326 e. The van der Waals surface area contributed by atoms with E-state index in [0.29, 0.717) is 12.8 Å². The Bertz CT molecular complexity index is 1720. The predicted octanol–water partition coefficient (Wildman–Crippen LogP) is -6.97.